The number of hydrogen-bond acceptors (Lipinski definition) is 4. The Balaban J connectivity index is 1.67. The minimum atomic E-state index is 0.265. The second-order valence-corrected chi connectivity index (χ2v) is 6.72. The molecule has 25 heavy (non-hydrogen) atoms. The summed E-state index contributed by atoms with van der Waals surface area (Å²) in [6.07, 6.45) is 8.03. The largest absolute Gasteiger partial charge is 0.495 e. The molecular weight excluding hydrogens is 338 g/mol. The Morgan fingerprint density at radius 3 is 2.72 bits per heavy atom. The van der Waals surface area contributed by atoms with Crippen LogP contribution >= 0.6 is 11.6 Å². The highest BCUT2D eigenvalue weighted by Gasteiger charge is 2.16. The number of methoxy groups -OCH3 is 1. The maximum Gasteiger partial charge on any atom is 0.232 e. The molecule has 0 aliphatic heterocycles. The van der Waals surface area contributed by atoms with Gasteiger partial charge in [-0.1, -0.05) is 18.0 Å². The van der Waals surface area contributed by atoms with E-state index in [2.05, 4.69) is 10.1 Å². The molecule has 0 N–H and O–H groups in total. The Morgan fingerprint density at radius 2 is 1.96 bits per heavy atom. The number of imidazole rings is 1. The van der Waals surface area contributed by atoms with E-state index in [0.717, 1.165) is 29.7 Å². The predicted molar refractivity (Wildman–Crippen MR) is 97.5 cm³/mol. The smallest absolute Gasteiger partial charge is 0.232 e. The standard InChI is InChI=1S/C19H20ClN3O2/c1-24-17-8-7-13(11-15(17)20)16-12-21-18-9-10-19(22-23(16)18)25-14-5-3-2-4-6-14/h7-12,14H,2-6H2,1H3. The van der Waals surface area contributed by atoms with Crippen LogP contribution in [0, 0.1) is 0 Å². The van der Waals surface area contributed by atoms with Gasteiger partial charge >= 0.3 is 0 Å². The van der Waals surface area contributed by atoms with Crippen LogP contribution in [0.5, 0.6) is 11.6 Å². The molecule has 0 amide bonds. The molecule has 1 saturated carbocycles. The molecule has 1 aliphatic carbocycles. The first kappa shape index (κ1) is 16.2. The zero-order valence-corrected chi connectivity index (χ0v) is 14.9. The van der Waals surface area contributed by atoms with Gasteiger partial charge in [0.15, 0.2) is 5.65 Å². The summed E-state index contributed by atoms with van der Waals surface area (Å²) in [7, 11) is 1.60. The lowest BCUT2D eigenvalue weighted by Crippen LogP contribution is -2.20. The number of fused-ring (bicyclic) bond motifs is 1. The van der Waals surface area contributed by atoms with Gasteiger partial charge in [0.1, 0.15) is 11.9 Å². The van der Waals surface area contributed by atoms with E-state index in [0.29, 0.717) is 16.7 Å². The van der Waals surface area contributed by atoms with E-state index in [9.17, 15) is 0 Å². The van der Waals surface area contributed by atoms with Crippen molar-refractivity contribution in [2.45, 2.75) is 38.2 Å². The monoisotopic (exact) mass is 357 g/mol. The van der Waals surface area contributed by atoms with E-state index in [1.54, 1.807) is 17.8 Å². The first-order valence-corrected chi connectivity index (χ1v) is 8.98. The van der Waals surface area contributed by atoms with Crippen molar-refractivity contribution in [3.05, 3.63) is 41.6 Å². The van der Waals surface area contributed by atoms with Crippen molar-refractivity contribution >= 4 is 17.2 Å². The summed E-state index contributed by atoms with van der Waals surface area (Å²) < 4.78 is 13.1. The number of halogens is 1. The van der Waals surface area contributed by atoms with Crippen LogP contribution in [0.2, 0.25) is 5.02 Å². The number of benzene rings is 1. The van der Waals surface area contributed by atoms with Crippen molar-refractivity contribution in [1.82, 2.24) is 14.6 Å². The maximum atomic E-state index is 6.26. The summed E-state index contributed by atoms with van der Waals surface area (Å²) in [6, 6.07) is 9.48. The fraction of sp³-hybridized carbons (Fsp3) is 0.368. The highest BCUT2D eigenvalue weighted by Crippen LogP contribution is 2.30. The molecule has 0 radical (unpaired) electrons. The van der Waals surface area contributed by atoms with Crippen LogP contribution in [0.15, 0.2) is 36.5 Å². The van der Waals surface area contributed by atoms with Crippen molar-refractivity contribution < 1.29 is 9.47 Å². The van der Waals surface area contributed by atoms with E-state index in [1.807, 2.05) is 30.3 Å². The van der Waals surface area contributed by atoms with Crippen LogP contribution in [0.4, 0.5) is 0 Å². The third-order valence-corrected chi connectivity index (χ3v) is 4.92. The fourth-order valence-electron chi connectivity index (χ4n) is 3.30. The molecule has 6 heteroatoms. The molecule has 1 aliphatic rings. The molecule has 1 fully saturated rings. The third-order valence-electron chi connectivity index (χ3n) is 4.63. The van der Waals surface area contributed by atoms with E-state index < -0.39 is 0 Å². The van der Waals surface area contributed by atoms with Gasteiger partial charge < -0.3 is 9.47 Å². The molecule has 2 aromatic heterocycles. The Morgan fingerprint density at radius 1 is 1.12 bits per heavy atom. The summed E-state index contributed by atoms with van der Waals surface area (Å²) in [5.74, 6) is 1.28. The van der Waals surface area contributed by atoms with Crippen molar-refractivity contribution in [3.8, 4) is 22.9 Å². The van der Waals surface area contributed by atoms with E-state index >= 15 is 0 Å². The maximum absolute atomic E-state index is 6.26. The van der Waals surface area contributed by atoms with Gasteiger partial charge in [-0.15, -0.1) is 5.10 Å². The van der Waals surface area contributed by atoms with Gasteiger partial charge in [0, 0.05) is 11.6 Å². The van der Waals surface area contributed by atoms with Crippen LogP contribution in [0.25, 0.3) is 16.9 Å². The van der Waals surface area contributed by atoms with Crippen LogP contribution < -0.4 is 9.47 Å². The van der Waals surface area contributed by atoms with Crippen LogP contribution in [0.3, 0.4) is 0 Å². The summed E-state index contributed by atoms with van der Waals surface area (Å²) in [4.78, 5) is 4.43. The molecule has 0 bridgehead atoms. The number of nitrogens with zero attached hydrogens (tertiary/aromatic N) is 3. The first-order valence-electron chi connectivity index (χ1n) is 8.60. The topological polar surface area (TPSA) is 48.7 Å². The molecule has 3 aromatic rings. The minimum absolute atomic E-state index is 0.265. The number of hydrogen-bond donors (Lipinski definition) is 0. The number of ether oxygens (including phenoxy) is 2. The second-order valence-electron chi connectivity index (χ2n) is 6.31. The van der Waals surface area contributed by atoms with Gasteiger partial charge in [0.25, 0.3) is 0 Å². The summed E-state index contributed by atoms with van der Waals surface area (Å²) in [5.41, 5.74) is 2.58. The predicted octanol–water partition coefficient (Wildman–Crippen LogP) is 4.77. The summed E-state index contributed by atoms with van der Waals surface area (Å²) >= 11 is 6.26. The number of aromatic nitrogens is 3. The van der Waals surface area contributed by atoms with Crippen molar-refractivity contribution in [2.24, 2.45) is 0 Å². The Bertz CT molecular complexity index is 888. The van der Waals surface area contributed by atoms with Crippen LogP contribution in [0.1, 0.15) is 32.1 Å². The Labute approximate surface area is 151 Å². The molecule has 1 aromatic carbocycles. The van der Waals surface area contributed by atoms with Gasteiger partial charge in [0.05, 0.1) is 24.0 Å². The molecule has 0 atom stereocenters. The lowest BCUT2D eigenvalue weighted by atomic mass is 9.98. The first-order chi connectivity index (χ1) is 12.2. The average molecular weight is 358 g/mol. The van der Waals surface area contributed by atoms with Crippen molar-refractivity contribution in [2.75, 3.05) is 7.11 Å². The highest BCUT2D eigenvalue weighted by atomic mass is 35.5. The minimum Gasteiger partial charge on any atom is -0.495 e. The van der Waals surface area contributed by atoms with Gasteiger partial charge in [-0.2, -0.15) is 0 Å². The number of rotatable bonds is 4. The van der Waals surface area contributed by atoms with Gasteiger partial charge in [-0.3, -0.25) is 0 Å². The second kappa shape index (κ2) is 6.92. The molecule has 2 heterocycles. The van der Waals surface area contributed by atoms with E-state index in [4.69, 9.17) is 21.1 Å². The van der Waals surface area contributed by atoms with Crippen LogP contribution in [-0.4, -0.2) is 27.8 Å². The molecule has 5 nitrogen and oxygen atoms in total. The molecule has 0 unspecified atom stereocenters. The van der Waals surface area contributed by atoms with Gasteiger partial charge in [-0.05, 0) is 49.9 Å². The lowest BCUT2D eigenvalue weighted by molar-refractivity contribution is 0.147. The van der Waals surface area contributed by atoms with E-state index in [1.165, 1.54) is 19.3 Å². The molecule has 0 saturated heterocycles. The van der Waals surface area contributed by atoms with Crippen molar-refractivity contribution in [3.63, 3.8) is 0 Å². The molecule has 0 spiro atoms. The quantitative estimate of drug-likeness (QED) is 0.674. The highest BCUT2D eigenvalue weighted by molar-refractivity contribution is 6.32. The van der Waals surface area contributed by atoms with Gasteiger partial charge in [-0.25, -0.2) is 9.50 Å². The normalized spacial score (nSPS) is 15.4. The lowest BCUT2D eigenvalue weighted by Gasteiger charge is -2.22. The SMILES string of the molecule is COc1ccc(-c2cnc3ccc(OC4CCCCC4)nn23)cc1Cl. The summed E-state index contributed by atoms with van der Waals surface area (Å²) in [5, 5.41) is 5.20. The third kappa shape index (κ3) is 3.29. The average Bonchev–Trinajstić information content (AvgIpc) is 3.06. The van der Waals surface area contributed by atoms with E-state index in [-0.39, 0.29) is 6.10 Å². The van der Waals surface area contributed by atoms with Crippen LogP contribution in [-0.2, 0) is 0 Å². The Kier molecular flexibility index (Phi) is 4.49. The summed E-state index contributed by atoms with van der Waals surface area (Å²) in [6.45, 7) is 0. The zero-order valence-electron chi connectivity index (χ0n) is 14.1. The fourth-order valence-corrected chi connectivity index (χ4v) is 3.55. The zero-order chi connectivity index (χ0) is 17.2. The van der Waals surface area contributed by atoms with Gasteiger partial charge in [0.2, 0.25) is 5.88 Å². The Hall–Kier alpha value is -2.27. The van der Waals surface area contributed by atoms with Crippen molar-refractivity contribution in [1.29, 1.82) is 0 Å². The molecule has 4 rings (SSSR count). The molecule has 130 valence electrons. The molecular formula is C19H20ClN3O2.